The molecule has 2 aromatic heterocycles. The van der Waals surface area contributed by atoms with Crippen molar-refractivity contribution in [3.63, 3.8) is 0 Å². The summed E-state index contributed by atoms with van der Waals surface area (Å²) in [5.74, 6) is 1.32. The van der Waals surface area contributed by atoms with Crippen molar-refractivity contribution in [3.05, 3.63) is 18.2 Å². The summed E-state index contributed by atoms with van der Waals surface area (Å²) in [6.07, 6.45) is 4.31. The summed E-state index contributed by atoms with van der Waals surface area (Å²) in [6.45, 7) is 4.41. The molecule has 7 heteroatoms. The second-order valence-corrected chi connectivity index (χ2v) is 3.47. The van der Waals surface area contributed by atoms with Crippen molar-refractivity contribution in [2.45, 2.75) is 20.3 Å². The maximum absolute atomic E-state index is 5.61. The van der Waals surface area contributed by atoms with E-state index < -0.39 is 0 Å². The molecule has 90 valence electrons. The van der Waals surface area contributed by atoms with Gasteiger partial charge in [0, 0.05) is 12.4 Å². The minimum Gasteiger partial charge on any atom is -0.463 e. The maximum Gasteiger partial charge on any atom is 0.323 e. The van der Waals surface area contributed by atoms with Gasteiger partial charge in [0.2, 0.25) is 11.9 Å². The van der Waals surface area contributed by atoms with E-state index in [4.69, 9.17) is 10.5 Å². The highest BCUT2D eigenvalue weighted by Crippen LogP contribution is 2.10. The molecule has 0 aromatic carbocycles. The Hall–Kier alpha value is -2.18. The van der Waals surface area contributed by atoms with E-state index in [0.717, 1.165) is 12.2 Å². The minimum absolute atomic E-state index is 0.134. The van der Waals surface area contributed by atoms with Crippen LogP contribution >= 0.6 is 0 Å². The highest BCUT2D eigenvalue weighted by Gasteiger charge is 2.08. The summed E-state index contributed by atoms with van der Waals surface area (Å²) >= 11 is 0. The molecule has 0 aliphatic rings. The van der Waals surface area contributed by atoms with Gasteiger partial charge in [-0.15, -0.1) is 0 Å². The Morgan fingerprint density at radius 3 is 2.82 bits per heavy atom. The van der Waals surface area contributed by atoms with Gasteiger partial charge >= 0.3 is 6.01 Å². The van der Waals surface area contributed by atoms with Crippen molar-refractivity contribution in [1.29, 1.82) is 0 Å². The third-order valence-corrected chi connectivity index (χ3v) is 2.10. The topological polar surface area (TPSA) is 91.7 Å². The molecule has 0 unspecified atom stereocenters. The van der Waals surface area contributed by atoms with Crippen molar-refractivity contribution in [2.75, 3.05) is 12.3 Å². The fourth-order valence-corrected chi connectivity index (χ4v) is 1.32. The van der Waals surface area contributed by atoms with E-state index in [1.807, 2.05) is 13.8 Å². The van der Waals surface area contributed by atoms with Crippen LogP contribution in [0.3, 0.4) is 0 Å². The zero-order chi connectivity index (χ0) is 12.3. The number of hydrogen-bond acceptors (Lipinski definition) is 6. The smallest absolute Gasteiger partial charge is 0.323 e. The van der Waals surface area contributed by atoms with E-state index in [2.05, 4.69) is 19.9 Å². The molecular weight excluding hydrogens is 220 g/mol. The molecule has 7 nitrogen and oxygen atoms in total. The summed E-state index contributed by atoms with van der Waals surface area (Å²) in [7, 11) is 0. The van der Waals surface area contributed by atoms with Crippen LogP contribution in [0.25, 0.3) is 5.95 Å². The number of hydrogen-bond donors (Lipinski definition) is 1. The molecule has 0 amide bonds. The monoisotopic (exact) mass is 234 g/mol. The molecule has 2 aromatic rings. The zero-order valence-electron chi connectivity index (χ0n) is 9.79. The quantitative estimate of drug-likeness (QED) is 0.838. The van der Waals surface area contributed by atoms with Crippen LogP contribution in [0.2, 0.25) is 0 Å². The first kappa shape index (κ1) is 11.3. The van der Waals surface area contributed by atoms with Crippen LogP contribution in [0, 0.1) is 6.92 Å². The number of aromatic nitrogens is 5. The average molecular weight is 234 g/mol. The van der Waals surface area contributed by atoms with Crippen molar-refractivity contribution in [3.8, 4) is 12.0 Å². The second kappa shape index (κ2) is 4.77. The third kappa shape index (κ3) is 2.49. The number of imidazole rings is 1. The highest BCUT2D eigenvalue weighted by atomic mass is 16.5. The van der Waals surface area contributed by atoms with Crippen molar-refractivity contribution in [2.24, 2.45) is 0 Å². The van der Waals surface area contributed by atoms with Gasteiger partial charge < -0.3 is 10.5 Å². The standard InChI is InChI=1S/C10H14N6O/c1-3-6-17-10-14-8(11)13-9(15-10)16-5-4-12-7(16)2/h4-5H,3,6H2,1-2H3,(H2,11,13,14,15). The van der Waals surface area contributed by atoms with Gasteiger partial charge in [0.05, 0.1) is 6.61 Å². The molecule has 2 heterocycles. The van der Waals surface area contributed by atoms with Crippen LogP contribution in [-0.4, -0.2) is 31.1 Å². The Labute approximate surface area is 98.7 Å². The molecular formula is C10H14N6O. The van der Waals surface area contributed by atoms with E-state index in [0.29, 0.717) is 12.6 Å². The number of ether oxygens (including phenoxy) is 1. The van der Waals surface area contributed by atoms with Gasteiger partial charge in [-0.2, -0.15) is 15.0 Å². The lowest BCUT2D eigenvalue weighted by molar-refractivity contribution is 0.291. The van der Waals surface area contributed by atoms with Gasteiger partial charge in [-0.25, -0.2) is 4.98 Å². The Balaban J connectivity index is 2.35. The lowest BCUT2D eigenvalue weighted by Crippen LogP contribution is -2.09. The molecule has 0 radical (unpaired) electrons. The van der Waals surface area contributed by atoms with Gasteiger partial charge in [0.1, 0.15) is 5.82 Å². The number of nitrogens with zero attached hydrogens (tertiary/aromatic N) is 5. The lowest BCUT2D eigenvalue weighted by Gasteiger charge is -2.06. The van der Waals surface area contributed by atoms with E-state index in [9.17, 15) is 0 Å². The number of rotatable bonds is 4. The summed E-state index contributed by atoms with van der Waals surface area (Å²) in [5.41, 5.74) is 5.61. The van der Waals surface area contributed by atoms with Crippen molar-refractivity contribution in [1.82, 2.24) is 24.5 Å². The Morgan fingerprint density at radius 1 is 1.35 bits per heavy atom. The largest absolute Gasteiger partial charge is 0.463 e. The van der Waals surface area contributed by atoms with Crippen LogP contribution in [0.15, 0.2) is 12.4 Å². The lowest BCUT2D eigenvalue weighted by atomic mass is 10.5. The zero-order valence-corrected chi connectivity index (χ0v) is 9.79. The fourth-order valence-electron chi connectivity index (χ4n) is 1.32. The van der Waals surface area contributed by atoms with E-state index >= 15 is 0 Å². The first-order chi connectivity index (χ1) is 8.20. The molecule has 2 rings (SSSR count). The molecule has 0 bridgehead atoms. The molecule has 0 aliphatic heterocycles. The van der Waals surface area contributed by atoms with Crippen molar-refractivity contribution < 1.29 is 4.74 Å². The van der Waals surface area contributed by atoms with Crippen LogP contribution in [0.1, 0.15) is 19.2 Å². The number of aryl methyl sites for hydroxylation is 1. The van der Waals surface area contributed by atoms with Crippen LogP contribution in [0.4, 0.5) is 5.95 Å². The van der Waals surface area contributed by atoms with Crippen molar-refractivity contribution >= 4 is 5.95 Å². The first-order valence-electron chi connectivity index (χ1n) is 5.35. The van der Waals surface area contributed by atoms with Crippen LogP contribution in [0.5, 0.6) is 6.01 Å². The molecule has 0 saturated carbocycles. The summed E-state index contributed by atoms with van der Waals surface area (Å²) in [6, 6.07) is 0.238. The van der Waals surface area contributed by atoms with E-state index in [1.165, 1.54) is 0 Å². The predicted molar refractivity (Wildman–Crippen MR) is 61.9 cm³/mol. The Bertz CT molecular complexity index is 509. The maximum atomic E-state index is 5.61. The normalized spacial score (nSPS) is 10.5. The molecule has 0 fully saturated rings. The Morgan fingerprint density at radius 2 is 2.18 bits per heavy atom. The van der Waals surface area contributed by atoms with E-state index in [1.54, 1.807) is 17.0 Å². The summed E-state index contributed by atoms with van der Waals surface area (Å²) in [4.78, 5) is 16.2. The average Bonchev–Trinajstić information content (AvgIpc) is 2.72. The number of anilines is 1. The highest BCUT2D eigenvalue weighted by molar-refractivity contribution is 5.26. The number of nitrogen functional groups attached to an aromatic ring is 1. The number of nitrogens with two attached hydrogens (primary N) is 1. The first-order valence-corrected chi connectivity index (χ1v) is 5.35. The SMILES string of the molecule is CCCOc1nc(N)nc(-n2ccnc2C)n1. The van der Waals surface area contributed by atoms with Crippen LogP contribution in [-0.2, 0) is 0 Å². The fraction of sp³-hybridized carbons (Fsp3) is 0.400. The van der Waals surface area contributed by atoms with Crippen LogP contribution < -0.4 is 10.5 Å². The summed E-state index contributed by atoms with van der Waals surface area (Å²) < 4.78 is 7.06. The molecule has 0 aliphatic carbocycles. The van der Waals surface area contributed by atoms with Gasteiger partial charge in [-0.3, -0.25) is 4.57 Å². The second-order valence-electron chi connectivity index (χ2n) is 3.47. The molecule has 0 atom stereocenters. The van der Waals surface area contributed by atoms with Gasteiger partial charge in [0.25, 0.3) is 0 Å². The Kier molecular flexibility index (Phi) is 3.17. The predicted octanol–water partition coefficient (Wildman–Crippen LogP) is 0.737. The molecule has 0 spiro atoms. The van der Waals surface area contributed by atoms with E-state index in [-0.39, 0.29) is 12.0 Å². The van der Waals surface area contributed by atoms with Gasteiger partial charge in [-0.05, 0) is 13.3 Å². The third-order valence-electron chi connectivity index (χ3n) is 2.10. The molecule has 17 heavy (non-hydrogen) atoms. The molecule has 0 saturated heterocycles. The minimum atomic E-state index is 0.134. The summed E-state index contributed by atoms with van der Waals surface area (Å²) in [5, 5.41) is 0. The van der Waals surface area contributed by atoms with Gasteiger partial charge in [0.15, 0.2) is 0 Å². The molecule has 2 N–H and O–H groups in total. The van der Waals surface area contributed by atoms with Gasteiger partial charge in [-0.1, -0.05) is 6.92 Å².